The minimum atomic E-state index is 0.968. The van der Waals surface area contributed by atoms with Crippen molar-refractivity contribution < 1.29 is 0 Å². The van der Waals surface area contributed by atoms with Crippen molar-refractivity contribution in [1.29, 1.82) is 0 Å². The molecule has 0 aliphatic heterocycles. The summed E-state index contributed by atoms with van der Waals surface area (Å²) in [5, 5.41) is 5.20. The third kappa shape index (κ3) is 2.35. The lowest BCUT2D eigenvalue weighted by molar-refractivity contribution is 0.933. The number of benzene rings is 3. The van der Waals surface area contributed by atoms with E-state index in [2.05, 4.69) is 77.8 Å². The SMILES string of the molecule is c1ccc2c(CCc3nccc4ccccc34)cccc2c1. The predicted molar refractivity (Wildman–Crippen MR) is 93.1 cm³/mol. The molecule has 4 rings (SSSR count). The Morgan fingerprint density at radius 2 is 1.27 bits per heavy atom. The molecule has 3 aromatic carbocycles. The Hall–Kier alpha value is -2.67. The number of rotatable bonds is 3. The van der Waals surface area contributed by atoms with Gasteiger partial charge in [0.1, 0.15) is 0 Å². The average Bonchev–Trinajstić information content (AvgIpc) is 2.60. The number of hydrogen-bond donors (Lipinski definition) is 0. The van der Waals surface area contributed by atoms with Crippen LogP contribution in [0.3, 0.4) is 0 Å². The molecule has 1 aromatic heterocycles. The molecule has 1 nitrogen and oxygen atoms in total. The maximum atomic E-state index is 4.60. The number of aryl methyl sites for hydroxylation is 2. The van der Waals surface area contributed by atoms with E-state index in [9.17, 15) is 0 Å². The van der Waals surface area contributed by atoms with Gasteiger partial charge >= 0.3 is 0 Å². The molecule has 4 aromatic rings. The lowest BCUT2D eigenvalue weighted by Gasteiger charge is -2.08. The summed E-state index contributed by atoms with van der Waals surface area (Å²) in [5.74, 6) is 0. The number of pyridine rings is 1. The maximum absolute atomic E-state index is 4.60. The molecule has 0 N–H and O–H groups in total. The van der Waals surface area contributed by atoms with Crippen molar-refractivity contribution in [3.8, 4) is 0 Å². The van der Waals surface area contributed by atoms with Gasteiger partial charge in [-0.2, -0.15) is 0 Å². The van der Waals surface area contributed by atoms with Crippen LogP contribution in [0.4, 0.5) is 0 Å². The number of nitrogens with zero attached hydrogens (tertiary/aromatic N) is 1. The lowest BCUT2D eigenvalue weighted by Crippen LogP contribution is -1.96. The van der Waals surface area contributed by atoms with Gasteiger partial charge in [0.25, 0.3) is 0 Å². The van der Waals surface area contributed by atoms with Gasteiger partial charge in [0.15, 0.2) is 0 Å². The molecule has 0 aliphatic rings. The van der Waals surface area contributed by atoms with E-state index in [0.29, 0.717) is 0 Å². The Balaban J connectivity index is 1.69. The standard InChI is InChI=1S/C21H17N/c1-3-10-19-16(6-1)8-5-9-17(19)12-13-21-20-11-4-2-7-18(20)14-15-22-21/h1-11,14-15H,12-13H2. The van der Waals surface area contributed by atoms with E-state index >= 15 is 0 Å². The zero-order chi connectivity index (χ0) is 14.8. The highest BCUT2D eigenvalue weighted by Crippen LogP contribution is 2.22. The van der Waals surface area contributed by atoms with E-state index in [-0.39, 0.29) is 0 Å². The van der Waals surface area contributed by atoms with Gasteiger partial charge in [-0.15, -0.1) is 0 Å². The van der Waals surface area contributed by atoms with Gasteiger partial charge in [0.05, 0.1) is 0 Å². The summed E-state index contributed by atoms with van der Waals surface area (Å²) >= 11 is 0. The Labute approximate surface area is 130 Å². The molecule has 0 spiro atoms. The molecule has 0 unspecified atom stereocenters. The molecule has 0 amide bonds. The van der Waals surface area contributed by atoms with Gasteiger partial charge in [0, 0.05) is 17.3 Å². The lowest BCUT2D eigenvalue weighted by atomic mass is 9.98. The van der Waals surface area contributed by atoms with Crippen molar-refractivity contribution in [3.63, 3.8) is 0 Å². The largest absolute Gasteiger partial charge is 0.261 e. The fourth-order valence-corrected chi connectivity index (χ4v) is 3.15. The molecular formula is C21H17N. The van der Waals surface area contributed by atoms with Gasteiger partial charge in [-0.05, 0) is 40.6 Å². The first-order chi connectivity index (χ1) is 10.9. The summed E-state index contributed by atoms with van der Waals surface area (Å²) in [5.41, 5.74) is 2.58. The quantitative estimate of drug-likeness (QED) is 0.505. The van der Waals surface area contributed by atoms with E-state index < -0.39 is 0 Å². The molecule has 0 radical (unpaired) electrons. The molecule has 1 heteroatoms. The van der Waals surface area contributed by atoms with Crippen molar-refractivity contribution in [2.24, 2.45) is 0 Å². The van der Waals surface area contributed by atoms with Crippen molar-refractivity contribution in [2.75, 3.05) is 0 Å². The highest BCUT2D eigenvalue weighted by atomic mass is 14.7. The van der Waals surface area contributed by atoms with Gasteiger partial charge in [0.2, 0.25) is 0 Å². The molecule has 0 saturated heterocycles. The monoisotopic (exact) mass is 283 g/mol. The number of aromatic nitrogens is 1. The minimum Gasteiger partial charge on any atom is -0.261 e. The van der Waals surface area contributed by atoms with E-state index in [1.165, 1.54) is 32.8 Å². The highest BCUT2D eigenvalue weighted by molar-refractivity contribution is 5.86. The normalized spacial score (nSPS) is 11.1. The zero-order valence-corrected chi connectivity index (χ0v) is 12.4. The summed E-state index contributed by atoms with van der Waals surface area (Å²) < 4.78 is 0. The van der Waals surface area contributed by atoms with Crippen molar-refractivity contribution in [2.45, 2.75) is 12.8 Å². The van der Waals surface area contributed by atoms with Crippen LogP contribution < -0.4 is 0 Å². The molecule has 0 bridgehead atoms. The minimum absolute atomic E-state index is 0.968. The second kappa shape index (κ2) is 5.61. The van der Waals surface area contributed by atoms with Crippen LogP contribution in [0.2, 0.25) is 0 Å². The summed E-state index contributed by atoms with van der Waals surface area (Å²) in [4.78, 5) is 4.60. The van der Waals surface area contributed by atoms with E-state index in [0.717, 1.165) is 12.8 Å². The maximum Gasteiger partial charge on any atom is 0.0485 e. The first-order valence-corrected chi connectivity index (χ1v) is 7.71. The molecule has 0 saturated carbocycles. The third-order valence-corrected chi connectivity index (χ3v) is 4.27. The average molecular weight is 283 g/mol. The van der Waals surface area contributed by atoms with Crippen molar-refractivity contribution in [3.05, 3.63) is 90.3 Å². The van der Waals surface area contributed by atoms with Crippen LogP contribution in [0.1, 0.15) is 11.3 Å². The van der Waals surface area contributed by atoms with Crippen molar-refractivity contribution in [1.82, 2.24) is 4.98 Å². The Morgan fingerprint density at radius 1 is 0.591 bits per heavy atom. The molecule has 22 heavy (non-hydrogen) atoms. The van der Waals surface area contributed by atoms with Gasteiger partial charge in [-0.25, -0.2) is 0 Å². The first-order valence-electron chi connectivity index (χ1n) is 7.71. The summed E-state index contributed by atoms with van der Waals surface area (Å²) in [6.45, 7) is 0. The first kappa shape index (κ1) is 13.0. The summed E-state index contributed by atoms with van der Waals surface area (Å²) in [7, 11) is 0. The molecule has 0 fully saturated rings. The Bertz CT molecular complexity index is 850. The Morgan fingerprint density at radius 3 is 2.14 bits per heavy atom. The third-order valence-electron chi connectivity index (χ3n) is 4.27. The smallest absolute Gasteiger partial charge is 0.0485 e. The number of fused-ring (bicyclic) bond motifs is 2. The fourth-order valence-electron chi connectivity index (χ4n) is 3.15. The van der Waals surface area contributed by atoms with E-state index in [4.69, 9.17) is 0 Å². The van der Waals surface area contributed by atoms with Crippen LogP contribution in [0.25, 0.3) is 21.5 Å². The highest BCUT2D eigenvalue weighted by Gasteiger charge is 2.05. The molecule has 0 aliphatic carbocycles. The van der Waals surface area contributed by atoms with Crippen LogP contribution in [-0.4, -0.2) is 4.98 Å². The topological polar surface area (TPSA) is 12.9 Å². The predicted octanol–water partition coefficient (Wildman–Crippen LogP) is 5.17. The van der Waals surface area contributed by atoms with Crippen LogP contribution in [-0.2, 0) is 12.8 Å². The molecule has 106 valence electrons. The van der Waals surface area contributed by atoms with Gasteiger partial charge < -0.3 is 0 Å². The van der Waals surface area contributed by atoms with Crippen LogP contribution in [0.5, 0.6) is 0 Å². The summed E-state index contributed by atoms with van der Waals surface area (Å²) in [6.07, 6.45) is 3.90. The second-order valence-electron chi connectivity index (χ2n) is 5.62. The molecular weight excluding hydrogens is 266 g/mol. The fraction of sp³-hybridized carbons (Fsp3) is 0.0952. The molecule has 1 heterocycles. The number of hydrogen-bond acceptors (Lipinski definition) is 1. The van der Waals surface area contributed by atoms with Gasteiger partial charge in [-0.1, -0.05) is 66.7 Å². The summed E-state index contributed by atoms with van der Waals surface area (Å²) in [6, 6.07) is 25.7. The van der Waals surface area contributed by atoms with Crippen LogP contribution in [0.15, 0.2) is 79.0 Å². The second-order valence-corrected chi connectivity index (χ2v) is 5.62. The Kier molecular flexibility index (Phi) is 3.32. The molecule has 0 atom stereocenters. The van der Waals surface area contributed by atoms with Crippen LogP contribution in [0, 0.1) is 0 Å². The van der Waals surface area contributed by atoms with E-state index in [1.54, 1.807) is 0 Å². The van der Waals surface area contributed by atoms with Crippen LogP contribution >= 0.6 is 0 Å². The van der Waals surface area contributed by atoms with Crippen molar-refractivity contribution >= 4 is 21.5 Å². The van der Waals surface area contributed by atoms with E-state index in [1.807, 2.05) is 6.20 Å². The zero-order valence-electron chi connectivity index (χ0n) is 12.4. The van der Waals surface area contributed by atoms with Gasteiger partial charge in [-0.3, -0.25) is 4.98 Å².